The van der Waals surface area contributed by atoms with E-state index in [0.717, 1.165) is 23.5 Å². The highest BCUT2D eigenvalue weighted by atomic mass is 16.6. The second-order valence-corrected chi connectivity index (χ2v) is 8.46. The van der Waals surface area contributed by atoms with Crippen LogP contribution in [0.25, 0.3) is 11.3 Å². The Morgan fingerprint density at radius 3 is 2.41 bits per heavy atom. The summed E-state index contributed by atoms with van der Waals surface area (Å²) in [6, 6.07) is 10.6. The smallest absolute Gasteiger partial charge is 0.223 e. The van der Waals surface area contributed by atoms with Crippen LogP contribution in [0, 0.1) is 5.92 Å². The SMILES string of the molecule is CC(C)CN[C@H]1CO[C@H]2[C@@H]1OC[C@@H]2Nc1nccc(-c2ccc(N(C)C)cc2)n1. The van der Waals surface area contributed by atoms with Gasteiger partial charge in [0, 0.05) is 31.5 Å². The fourth-order valence-corrected chi connectivity index (χ4v) is 3.87. The number of anilines is 2. The molecule has 29 heavy (non-hydrogen) atoms. The van der Waals surface area contributed by atoms with Gasteiger partial charge in [0.2, 0.25) is 5.95 Å². The monoisotopic (exact) mass is 397 g/mol. The summed E-state index contributed by atoms with van der Waals surface area (Å²) in [6.07, 6.45) is 1.89. The Morgan fingerprint density at radius 2 is 1.72 bits per heavy atom. The summed E-state index contributed by atoms with van der Waals surface area (Å²) >= 11 is 0. The summed E-state index contributed by atoms with van der Waals surface area (Å²) in [6.45, 7) is 6.66. The number of rotatable bonds is 7. The zero-order valence-corrected chi connectivity index (χ0v) is 17.6. The molecule has 3 heterocycles. The first-order valence-electron chi connectivity index (χ1n) is 10.3. The lowest BCUT2D eigenvalue weighted by atomic mass is 10.1. The average Bonchev–Trinajstić information content (AvgIpc) is 3.30. The van der Waals surface area contributed by atoms with Gasteiger partial charge in [0.1, 0.15) is 12.2 Å². The van der Waals surface area contributed by atoms with Gasteiger partial charge in [-0.1, -0.05) is 26.0 Å². The van der Waals surface area contributed by atoms with E-state index in [-0.39, 0.29) is 24.3 Å². The minimum absolute atomic E-state index is 0.0197. The Balaban J connectivity index is 1.41. The van der Waals surface area contributed by atoms with Gasteiger partial charge in [0.15, 0.2) is 0 Å². The lowest BCUT2D eigenvalue weighted by Crippen LogP contribution is -2.43. The van der Waals surface area contributed by atoms with E-state index in [1.807, 2.05) is 20.2 Å². The van der Waals surface area contributed by atoms with E-state index in [4.69, 9.17) is 14.5 Å². The van der Waals surface area contributed by atoms with Gasteiger partial charge in [0.25, 0.3) is 0 Å². The molecular formula is C22H31N5O2. The van der Waals surface area contributed by atoms with E-state index in [9.17, 15) is 0 Å². The zero-order valence-electron chi connectivity index (χ0n) is 17.6. The minimum atomic E-state index is 0.0197. The average molecular weight is 398 g/mol. The van der Waals surface area contributed by atoms with E-state index in [2.05, 4.69) is 58.6 Å². The normalized spacial score (nSPS) is 26.0. The van der Waals surface area contributed by atoms with Crippen molar-refractivity contribution in [2.24, 2.45) is 5.92 Å². The molecule has 0 bridgehead atoms. The second kappa shape index (κ2) is 8.65. The van der Waals surface area contributed by atoms with Gasteiger partial charge in [-0.3, -0.25) is 0 Å². The fraction of sp³-hybridized carbons (Fsp3) is 0.545. The summed E-state index contributed by atoms with van der Waals surface area (Å²) in [5.41, 5.74) is 3.12. The van der Waals surface area contributed by atoms with E-state index < -0.39 is 0 Å². The number of ether oxygens (including phenoxy) is 2. The van der Waals surface area contributed by atoms with Crippen LogP contribution in [0.2, 0.25) is 0 Å². The van der Waals surface area contributed by atoms with Gasteiger partial charge in [-0.2, -0.15) is 0 Å². The van der Waals surface area contributed by atoms with Crippen molar-refractivity contribution in [2.45, 2.75) is 38.1 Å². The molecule has 7 nitrogen and oxygen atoms in total. The van der Waals surface area contributed by atoms with Gasteiger partial charge >= 0.3 is 0 Å². The van der Waals surface area contributed by atoms with Crippen LogP contribution in [0.1, 0.15) is 13.8 Å². The molecular weight excluding hydrogens is 366 g/mol. The van der Waals surface area contributed by atoms with Crippen LogP contribution in [0.3, 0.4) is 0 Å². The Kier molecular flexibility index (Phi) is 5.99. The maximum absolute atomic E-state index is 6.05. The highest BCUT2D eigenvalue weighted by molar-refractivity contribution is 5.63. The third kappa shape index (κ3) is 4.52. The van der Waals surface area contributed by atoms with E-state index in [0.29, 0.717) is 25.1 Å². The Labute approximate surface area is 172 Å². The molecule has 2 aliphatic rings. The molecule has 0 radical (unpaired) electrons. The second-order valence-electron chi connectivity index (χ2n) is 8.46. The molecule has 4 rings (SSSR count). The molecule has 7 heteroatoms. The summed E-state index contributed by atoms with van der Waals surface area (Å²) in [4.78, 5) is 11.2. The Morgan fingerprint density at radius 1 is 1.03 bits per heavy atom. The highest BCUT2D eigenvalue weighted by Gasteiger charge is 2.47. The van der Waals surface area contributed by atoms with Gasteiger partial charge in [0.05, 0.1) is 31.0 Å². The predicted octanol–water partition coefficient (Wildman–Crippen LogP) is 2.40. The van der Waals surface area contributed by atoms with Crippen LogP contribution < -0.4 is 15.5 Å². The van der Waals surface area contributed by atoms with Crippen LogP contribution in [-0.2, 0) is 9.47 Å². The van der Waals surface area contributed by atoms with E-state index in [1.165, 1.54) is 0 Å². The van der Waals surface area contributed by atoms with Crippen LogP contribution in [-0.4, -0.2) is 68.1 Å². The molecule has 1 aromatic heterocycles. The summed E-state index contributed by atoms with van der Waals surface area (Å²) in [5, 5.41) is 7.00. The molecule has 2 aromatic rings. The number of hydrogen-bond acceptors (Lipinski definition) is 7. The first-order valence-corrected chi connectivity index (χ1v) is 10.3. The quantitative estimate of drug-likeness (QED) is 0.743. The van der Waals surface area contributed by atoms with E-state index >= 15 is 0 Å². The van der Waals surface area contributed by atoms with Crippen molar-refractivity contribution in [1.29, 1.82) is 0 Å². The number of nitrogens with zero attached hydrogens (tertiary/aromatic N) is 3. The zero-order chi connectivity index (χ0) is 20.4. The molecule has 1 aromatic carbocycles. The molecule has 4 atom stereocenters. The molecule has 0 spiro atoms. The van der Waals surface area contributed by atoms with Crippen molar-refractivity contribution in [1.82, 2.24) is 15.3 Å². The predicted molar refractivity (Wildman–Crippen MR) is 115 cm³/mol. The van der Waals surface area contributed by atoms with Crippen molar-refractivity contribution >= 4 is 11.6 Å². The maximum atomic E-state index is 6.05. The van der Waals surface area contributed by atoms with Gasteiger partial charge < -0.3 is 25.0 Å². The maximum Gasteiger partial charge on any atom is 0.223 e. The van der Waals surface area contributed by atoms with Crippen LogP contribution in [0.4, 0.5) is 11.6 Å². The summed E-state index contributed by atoms with van der Waals surface area (Å²) < 4.78 is 12.1. The first kappa shape index (κ1) is 20.1. The Bertz CT molecular complexity index is 811. The number of aromatic nitrogens is 2. The topological polar surface area (TPSA) is 71.5 Å². The van der Waals surface area contributed by atoms with Crippen LogP contribution >= 0.6 is 0 Å². The minimum Gasteiger partial charge on any atom is -0.378 e. The summed E-state index contributed by atoms with van der Waals surface area (Å²) in [7, 11) is 4.07. The fourth-order valence-electron chi connectivity index (χ4n) is 3.87. The standard InChI is InChI=1S/C22H31N5O2/c1-14(2)11-24-18-12-28-21-19(13-29-20(18)21)26-22-23-10-9-17(25-22)15-5-7-16(8-6-15)27(3)4/h5-10,14,18-21,24H,11-13H2,1-4H3,(H,23,25,26)/t18-,19-,20+,21+/m0/s1. The summed E-state index contributed by atoms with van der Waals surface area (Å²) in [5.74, 6) is 1.21. The lowest BCUT2D eigenvalue weighted by Gasteiger charge is -2.19. The van der Waals surface area contributed by atoms with Crippen molar-refractivity contribution in [2.75, 3.05) is 44.1 Å². The highest BCUT2D eigenvalue weighted by Crippen LogP contribution is 2.29. The van der Waals surface area contributed by atoms with Crippen molar-refractivity contribution in [3.63, 3.8) is 0 Å². The van der Waals surface area contributed by atoms with E-state index in [1.54, 1.807) is 6.20 Å². The number of fused-ring (bicyclic) bond motifs is 1. The molecule has 0 unspecified atom stereocenters. The van der Waals surface area contributed by atoms with Gasteiger partial charge in [-0.15, -0.1) is 0 Å². The molecule has 0 aliphatic carbocycles. The Hall–Kier alpha value is -2.22. The number of hydrogen-bond donors (Lipinski definition) is 2. The molecule has 2 N–H and O–H groups in total. The molecule has 0 amide bonds. The lowest BCUT2D eigenvalue weighted by molar-refractivity contribution is 0.0674. The van der Waals surface area contributed by atoms with Crippen LogP contribution in [0.5, 0.6) is 0 Å². The van der Waals surface area contributed by atoms with Crippen molar-refractivity contribution in [3.05, 3.63) is 36.5 Å². The molecule has 2 aliphatic heterocycles. The van der Waals surface area contributed by atoms with Gasteiger partial charge in [-0.25, -0.2) is 9.97 Å². The van der Waals surface area contributed by atoms with Crippen LogP contribution in [0.15, 0.2) is 36.5 Å². The molecule has 2 saturated heterocycles. The first-order chi connectivity index (χ1) is 14.0. The molecule has 2 fully saturated rings. The molecule has 156 valence electrons. The number of nitrogens with one attached hydrogen (secondary N) is 2. The van der Waals surface area contributed by atoms with Crippen molar-refractivity contribution in [3.8, 4) is 11.3 Å². The third-order valence-electron chi connectivity index (χ3n) is 5.49. The molecule has 0 saturated carbocycles. The third-order valence-corrected chi connectivity index (χ3v) is 5.49. The number of benzene rings is 1. The largest absolute Gasteiger partial charge is 0.378 e. The van der Waals surface area contributed by atoms with Gasteiger partial charge in [-0.05, 0) is 30.7 Å². The van der Waals surface area contributed by atoms with Crippen molar-refractivity contribution < 1.29 is 9.47 Å².